The van der Waals surface area contributed by atoms with Crippen LogP contribution in [0.1, 0.15) is 57.9 Å². The average Bonchev–Trinajstić information content (AvgIpc) is 2.44. The topological polar surface area (TPSA) is 12.0 Å². The molecule has 0 amide bonds. The minimum absolute atomic E-state index is 0.149. The molecule has 0 aliphatic heterocycles. The van der Waals surface area contributed by atoms with E-state index in [1.165, 1.54) is 44.1 Å². The number of hydrogen-bond donors (Lipinski definition) is 1. The monoisotopic (exact) mass is 277 g/mol. The molecule has 1 N–H and O–H groups in total. The fraction of sp³-hybridized carbons (Fsp3) is 0.667. The second kappa shape index (κ2) is 7.78. The number of benzene rings is 1. The molecule has 1 aliphatic rings. The molecule has 20 heavy (non-hydrogen) atoms. The van der Waals surface area contributed by atoms with Gasteiger partial charge in [-0.1, -0.05) is 31.9 Å². The molecule has 2 heteroatoms. The molecule has 112 valence electrons. The Hall–Kier alpha value is -0.890. The highest BCUT2D eigenvalue weighted by atomic mass is 19.1. The summed E-state index contributed by atoms with van der Waals surface area (Å²) < 4.78 is 12.9. The number of rotatable bonds is 6. The van der Waals surface area contributed by atoms with Crippen LogP contribution in [-0.2, 0) is 6.42 Å². The fourth-order valence-electron chi connectivity index (χ4n) is 3.46. The number of nitrogens with one attached hydrogen (secondary N) is 1. The van der Waals surface area contributed by atoms with Crippen LogP contribution in [0.25, 0.3) is 0 Å². The molecule has 0 saturated heterocycles. The van der Waals surface area contributed by atoms with Crippen molar-refractivity contribution in [3.63, 3.8) is 0 Å². The molecule has 0 radical (unpaired) electrons. The Morgan fingerprint density at radius 3 is 2.40 bits per heavy atom. The Bertz CT molecular complexity index is 379. The molecule has 1 nitrogen and oxygen atoms in total. The standard InChI is InChI=1S/C18H28FN/c1-3-4-15-7-11-18(12-8-15)20-14(2)13-16-5-9-17(19)10-6-16/h5-6,9-10,14-15,18,20H,3-4,7-8,11-13H2,1-2H3. The zero-order valence-electron chi connectivity index (χ0n) is 12.9. The molecule has 1 aromatic rings. The first kappa shape index (κ1) is 15.5. The first-order valence-corrected chi connectivity index (χ1v) is 8.18. The van der Waals surface area contributed by atoms with Gasteiger partial charge in [-0.15, -0.1) is 0 Å². The van der Waals surface area contributed by atoms with Crippen LogP contribution in [-0.4, -0.2) is 12.1 Å². The summed E-state index contributed by atoms with van der Waals surface area (Å²) in [7, 11) is 0. The third-order valence-electron chi connectivity index (χ3n) is 4.52. The van der Waals surface area contributed by atoms with Crippen LogP contribution in [0.15, 0.2) is 24.3 Å². The van der Waals surface area contributed by atoms with Crippen molar-refractivity contribution in [3.8, 4) is 0 Å². The summed E-state index contributed by atoms with van der Waals surface area (Å²) in [5.74, 6) is 0.814. The molecule has 2 rings (SSSR count). The van der Waals surface area contributed by atoms with Crippen molar-refractivity contribution in [2.75, 3.05) is 0 Å². The Morgan fingerprint density at radius 1 is 1.15 bits per heavy atom. The predicted octanol–water partition coefficient (Wildman–Crippen LogP) is 4.71. The molecule has 1 aliphatic carbocycles. The highest BCUT2D eigenvalue weighted by Gasteiger charge is 2.21. The van der Waals surface area contributed by atoms with E-state index in [0.717, 1.165) is 12.3 Å². The van der Waals surface area contributed by atoms with Gasteiger partial charge in [-0.2, -0.15) is 0 Å². The van der Waals surface area contributed by atoms with E-state index < -0.39 is 0 Å². The van der Waals surface area contributed by atoms with Crippen molar-refractivity contribution in [1.82, 2.24) is 5.32 Å². The van der Waals surface area contributed by atoms with Crippen LogP contribution in [0.3, 0.4) is 0 Å². The van der Waals surface area contributed by atoms with Crippen molar-refractivity contribution in [2.45, 2.75) is 70.9 Å². The molecule has 1 unspecified atom stereocenters. The van der Waals surface area contributed by atoms with E-state index in [9.17, 15) is 4.39 Å². The number of hydrogen-bond acceptors (Lipinski definition) is 1. The molecule has 0 heterocycles. The average molecular weight is 277 g/mol. The molecule has 0 bridgehead atoms. The van der Waals surface area contributed by atoms with Gasteiger partial charge >= 0.3 is 0 Å². The highest BCUT2D eigenvalue weighted by molar-refractivity contribution is 5.17. The second-order valence-electron chi connectivity index (χ2n) is 6.40. The van der Waals surface area contributed by atoms with Crippen molar-refractivity contribution in [3.05, 3.63) is 35.6 Å². The minimum atomic E-state index is -0.149. The summed E-state index contributed by atoms with van der Waals surface area (Å²) in [6.07, 6.45) is 9.11. The van der Waals surface area contributed by atoms with E-state index in [1.54, 1.807) is 12.1 Å². The maximum Gasteiger partial charge on any atom is 0.123 e. The van der Waals surface area contributed by atoms with E-state index in [1.807, 2.05) is 12.1 Å². The van der Waals surface area contributed by atoms with Crippen LogP contribution in [0, 0.1) is 11.7 Å². The first-order chi connectivity index (χ1) is 9.67. The van der Waals surface area contributed by atoms with Crippen molar-refractivity contribution in [1.29, 1.82) is 0 Å². The summed E-state index contributed by atoms with van der Waals surface area (Å²) >= 11 is 0. The molecule has 1 atom stereocenters. The van der Waals surface area contributed by atoms with Crippen LogP contribution >= 0.6 is 0 Å². The SMILES string of the molecule is CCCC1CCC(NC(C)Cc2ccc(F)cc2)CC1. The quantitative estimate of drug-likeness (QED) is 0.794. The van der Waals surface area contributed by atoms with Gasteiger partial charge in [0.05, 0.1) is 0 Å². The third-order valence-corrected chi connectivity index (χ3v) is 4.52. The molecule has 0 aromatic heterocycles. The van der Waals surface area contributed by atoms with Crippen molar-refractivity contribution in [2.24, 2.45) is 5.92 Å². The second-order valence-corrected chi connectivity index (χ2v) is 6.40. The van der Waals surface area contributed by atoms with Gasteiger partial charge < -0.3 is 5.32 Å². The lowest BCUT2D eigenvalue weighted by atomic mass is 9.83. The van der Waals surface area contributed by atoms with E-state index in [4.69, 9.17) is 0 Å². The molecular weight excluding hydrogens is 249 g/mol. The van der Waals surface area contributed by atoms with Gasteiger partial charge in [0.15, 0.2) is 0 Å². The van der Waals surface area contributed by atoms with Crippen LogP contribution in [0.5, 0.6) is 0 Å². The lowest BCUT2D eigenvalue weighted by Gasteiger charge is -2.31. The Labute approximate surface area is 123 Å². The third kappa shape index (κ3) is 4.90. The Kier molecular flexibility index (Phi) is 6.03. The molecular formula is C18H28FN. The summed E-state index contributed by atoms with van der Waals surface area (Å²) in [5, 5.41) is 3.75. The summed E-state index contributed by atoms with van der Waals surface area (Å²) in [6.45, 7) is 4.52. The van der Waals surface area contributed by atoms with E-state index in [2.05, 4.69) is 19.2 Å². The molecule has 0 spiro atoms. The highest BCUT2D eigenvalue weighted by Crippen LogP contribution is 2.28. The van der Waals surface area contributed by atoms with Gasteiger partial charge in [-0.05, 0) is 62.6 Å². The normalized spacial score (nSPS) is 24.6. The zero-order chi connectivity index (χ0) is 14.4. The fourth-order valence-corrected chi connectivity index (χ4v) is 3.46. The maximum atomic E-state index is 12.9. The number of halogens is 1. The van der Waals surface area contributed by atoms with Gasteiger partial charge in [0.2, 0.25) is 0 Å². The van der Waals surface area contributed by atoms with Gasteiger partial charge in [0, 0.05) is 12.1 Å². The molecule has 1 aromatic carbocycles. The van der Waals surface area contributed by atoms with Crippen molar-refractivity contribution < 1.29 is 4.39 Å². The summed E-state index contributed by atoms with van der Waals surface area (Å²) in [5.41, 5.74) is 1.21. The van der Waals surface area contributed by atoms with E-state index >= 15 is 0 Å². The van der Waals surface area contributed by atoms with E-state index in [-0.39, 0.29) is 5.82 Å². The summed E-state index contributed by atoms with van der Waals surface area (Å²) in [4.78, 5) is 0. The van der Waals surface area contributed by atoms with Crippen LogP contribution < -0.4 is 5.32 Å². The first-order valence-electron chi connectivity index (χ1n) is 8.18. The summed E-state index contributed by atoms with van der Waals surface area (Å²) in [6, 6.07) is 8.04. The minimum Gasteiger partial charge on any atom is -0.311 e. The van der Waals surface area contributed by atoms with Gasteiger partial charge in [0.25, 0.3) is 0 Å². The Balaban J connectivity index is 1.72. The molecule has 1 fully saturated rings. The zero-order valence-corrected chi connectivity index (χ0v) is 12.9. The largest absolute Gasteiger partial charge is 0.311 e. The van der Waals surface area contributed by atoms with Crippen LogP contribution in [0.2, 0.25) is 0 Å². The maximum absolute atomic E-state index is 12.9. The van der Waals surface area contributed by atoms with Crippen molar-refractivity contribution >= 4 is 0 Å². The van der Waals surface area contributed by atoms with E-state index in [0.29, 0.717) is 12.1 Å². The van der Waals surface area contributed by atoms with Gasteiger partial charge in [-0.25, -0.2) is 4.39 Å². The van der Waals surface area contributed by atoms with Crippen LogP contribution in [0.4, 0.5) is 4.39 Å². The predicted molar refractivity (Wildman–Crippen MR) is 83.4 cm³/mol. The lowest BCUT2D eigenvalue weighted by Crippen LogP contribution is -2.40. The lowest BCUT2D eigenvalue weighted by molar-refractivity contribution is 0.265. The Morgan fingerprint density at radius 2 is 1.80 bits per heavy atom. The molecule has 1 saturated carbocycles. The van der Waals surface area contributed by atoms with Gasteiger partial charge in [0.1, 0.15) is 5.82 Å². The van der Waals surface area contributed by atoms with Gasteiger partial charge in [-0.3, -0.25) is 0 Å². The smallest absolute Gasteiger partial charge is 0.123 e.